The minimum absolute atomic E-state index is 0.395. The Morgan fingerprint density at radius 3 is 2.76 bits per heavy atom. The van der Waals surface area contributed by atoms with Gasteiger partial charge in [0.25, 0.3) is 0 Å². The molecule has 0 aliphatic heterocycles. The standard InChI is InChI=1S/C10H13FN2O3S/c1-17(16)5-4-12-7-8-2-3-10(13(14)15)9(11)6-8/h2-3,6,12H,4-5,7H2,1H3. The van der Waals surface area contributed by atoms with Crippen molar-refractivity contribution in [3.63, 3.8) is 0 Å². The predicted octanol–water partition coefficient (Wildman–Crippen LogP) is 1.20. The van der Waals surface area contributed by atoms with E-state index >= 15 is 0 Å². The van der Waals surface area contributed by atoms with Gasteiger partial charge in [0.1, 0.15) is 0 Å². The van der Waals surface area contributed by atoms with Gasteiger partial charge in [0.15, 0.2) is 0 Å². The highest BCUT2D eigenvalue weighted by molar-refractivity contribution is 7.84. The summed E-state index contributed by atoms with van der Waals surface area (Å²) in [5, 5.41) is 13.4. The van der Waals surface area contributed by atoms with Crippen molar-refractivity contribution < 1.29 is 13.5 Å². The summed E-state index contributed by atoms with van der Waals surface area (Å²) in [7, 11) is -0.864. The largest absolute Gasteiger partial charge is 0.312 e. The zero-order valence-electron chi connectivity index (χ0n) is 9.31. The normalized spacial score (nSPS) is 12.4. The van der Waals surface area contributed by atoms with Crippen LogP contribution in [0, 0.1) is 15.9 Å². The van der Waals surface area contributed by atoms with Crippen LogP contribution in [0.4, 0.5) is 10.1 Å². The minimum atomic E-state index is -0.864. The number of rotatable bonds is 6. The maximum absolute atomic E-state index is 13.2. The average molecular weight is 260 g/mol. The summed E-state index contributed by atoms with van der Waals surface area (Å²) in [6, 6.07) is 3.77. The third kappa shape index (κ3) is 4.58. The van der Waals surface area contributed by atoms with Crippen molar-refractivity contribution in [2.45, 2.75) is 6.54 Å². The maximum atomic E-state index is 13.2. The molecule has 17 heavy (non-hydrogen) atoms. The molecule has 0 aromatic heterocycles. The molecule has 1 aromatic rings. The van der Waals surface area contributed by atoms with Gasteiger partial charge in [-0.2, -0.15) is 4.39 Å². The minimum Gasteiger partial charge on any atom is -0.312 e. The zero-order valence-corrected chi connectivity index (χ0v) is 10.1. The first-order chi connectivity index (χ1) is 8.00. The van der Waals surface area contributed by atoms with E-state index in [1.165, 1.54) is 6.07 Å². The fraction of sp³-hybridized carbons (Fsp3) is 0.400. The lowest BCUT2D eigenvalue weighted by atomic mass is 10.2. The second-order valence-corrected chi connectivity index (χ2v) is 5.05. The molecule has 0 saturated carbocycles. The Morgan fingerprint density at radius 2 is 2.24 bits per heavy atom. The van der Waals surface area contributed by atoms with Gasteiger partial charge < -0.3 is 5.32 Å². The summed E-state index contributed by atoms with van der Waals surface area (Å²) in [5.41, 5.74) is 0.0957. The number of hydrogen-bond donors (Lipinski definition) is 1. The fourth-order valence-corrected chi connectivity index (χ4v) is 1.69. The molecule has 1 unspecified atom stereocenters. The van der Waals surface area contributed by atoms with Crippen LogP contribution in [-0.4, -0.2) is 27.7 Å². The Labute approximate surface area is 101 Å². The molecule has 0 spiro atoms. The maximum Gasteiger partial charge on any atom is 0.304 e. The number of nitrogens with zero attached hydrogens (tertiary/aromatic N) is 1. The number of nitrogens with one attached hydrogen (secondary N) is 1. The van der Waals surface area contributed by atoms with Gasteiger partial charge >= 0.3 is 5.69 Å². The Morgan fingerprint density at radius 1 is 1.53 bits per heavy atom. The van der Waals surface area contributed by atoms with Crippen LogP contribution in [-0.2, 0) is 17.3 Å². The van der Waals surface area contributed by atoms with Gasteiger partial charge in [-0.3, -0.25) is 14.3 Å². The van der Waals surface area contributed by atoms with Crippen LogP contribution in [0.25, 0.3) is 0 Å². The Kier molecular flexibility index (Phi) is 5.17. The van der Waals surface area contributed by atoms with Gasteiger partial charge in [-0.05, 0) is 11.6 Å². The highest BCUT2D eigenvalue weighted by atomic mass is 32.2. The molecule has 1 rings (SSSR count). The van der Waals surface area contributed by atoms with E-state index in [1.807, 2.05) is 0 Å². The lowest BCUT2D eigenvalue weighted by molar-refractivity contribution is -0.387. The van der Waals surface area contributed by atoms with Crippen molar-refractivity contribution in [3.8, 4) is 0 Å². The van der Waals surface area contributed by atoms with E-state index in [2.05, 4.69) is 5.32 Å². The van der Waals surface area contributed by atoms with Gasteiger partial charge in [-0.1, -0.05) is 6.07 Å². The third-order valence-electron chi connectivity index (χ3n) is 2.10. The molecule has 0 saturated heterocycles. The molecule has 1 N–H and O–H groups in total. The molecule has 0 radical (unpaired) electrons. The van der Waals surface area contributed by atoms with E-state index in [4.69, 9.17) is 0 Å². The van der Waals surface area contributed by atoms with Crippen LogP contribution in [0.2, 0.25) is 0 Å². The summed E-state index contributed by atoms with van der Waals surface area (Å²) >= 11 is 0. The number of nitro groups is 1. The van der Waals surface area contributed by atoms with Gasteiger partial charge in [0.05, 0.1) is 4.92 Å². The molecule has 7 heteroatoms. The number of halogens is 1. The van der Waals surface area contributed by atoms with Crippen LogP contribution < -0.4 is 5.32 Å². The lowest BCUT2D eigenvalue weighted by Crippen LogP contribution is -2.19. The van der Waals surface area contributed by atoms with E-state index in [-0.39, 0.29) is 0 Å². The molecule has 94 valence electrons. The van der Waals surface area contributed by atoms with Gasteiger partial charge in [0, 0.05) is 42.0 Å². The first-order valence-electron chi connectivity index (χ1n) is 4.94. The summed E-state index contributed by atoms with van der Waals surface area (Å²) < 4.78 is 24.0. The number of benzene rings is 1. The quantitative estimate of drug-likeness (QED) is 0.474. The number of nitro benzene ring substituents is 1. The van der Waals surface area contributed by atoms with Crippen molar-refractivity contribution in [2.75, 3.05) is 18.6 Å². The highest BCUT2D eigenvalue weighted by Crippen LogP contribution is 2.17. The van der Waals surface area contributed by atoms with E-state index in [1.54, 1.807) is 6.26 Å². The Hall–Kier alpha value is -1.34. The molecule has 0 aliphatic carbocycles. The molecule has 0 heterocycles. The monoisotopic (exact) mass is 260 g/mol. The zero-order chi connectivity index (χ0) is 12.8. The molecule has 5 nitrogen and oxygen atoms in total. The highest BCUT2D eigenvalue weighted by Gasteiger charge is 2.13. The molecule has 0 bridgehead atoms. The molecule has 1 atom stereocenters. The Balaban J connectivity index is 2.53. The van der Waals surface area contributed by atoms with Crippen molar-refractivity contribution in [2.24, 2.45) is 0 Å². The summed E-state index contributed by atoms with van der Waals surface area (Å²) in [4.78, 5) is 9.63. The summed E-state index contributed by atoms with van der Waals surface area (Å²) in [5.74, 6) is -0.316. The van der Waals surface area contributed by atoms with Crippen molar-refractivity contribution in [1.82, 2.24) is 5.32 Å². The SMILES string of the molecule is CS(=O)CCNCc1ccc([N+](=O)[O-])c(F)c1. The van der Waals surface area contributed by atoms with Crippen molar-refractivity contribution >= 4 is 16.5 Å². The molecule has 0 amide bonds. The molecular formula is C10H13FN2O3S. The van der Waals surface area contributed by atoms with Crippen LogP contribution in [0.1, 0.15) is 5.56 Å². The van der Waals surface area contributed by atoms with E-state index in [0.717, 1.165) is 12.1 Å². The molecule has 1 aromatic carbocycles. The molecule has 0 fully saturated rings. The van der Waals surface area contributed by atoms with E-state index in [9.17, 15) is 18.7 Å². The average Bonchev–Trinajstić information content (AvgIpc) is 2.23. The van der Waals surface area contributed by atoms with Crippen LogP contribution in [0.3, 0.4) is 0 Å². The molecule has 0 aliphatic rings. The third-order valence-corrected chi connectivity index (χ3v) is 2.88. The fourth-order valence-electron chi connectivity index (χ4n) is 1.26. The number of hydrogen-bond acceptors (Lipinski definition) is 4. The topological polar surface area (TPSA) is 72.2 Å². The van der Waals surface area contributed by atoms with Crippen molar-refractivity contribution in [3.05, 3.63) is 39.7 Å². The molecular weight excluding hydrogens is 247 g/mol. The first kappa shape index (κ1) is 13.7. The second kappa shape index (κ2) is 6.41. The van der Waals surface area contributed by atoms with Crippen LogP contribution in [0.5, 0.6) is 0 Å². The van der Waals surface area contributed by atoms with Crippen LogP contribution in [0.15, 0.2) is 18.2 Å². The van der Waals surface area contributed by atoms with E-state index in [0.29, 0.717) is 24.4 Å². The Bertz CT molecular complexity index is 440. The smallest absolute Gasteiger partial charge is 0.304 e. The van der Waals surface area contributed by atoms with Crippen LogP contribution >= 0.6 is 0 Å². The van der Waals surface area contributed by atoms with Crippen molar-refractivity contribution in [1.29, 1.82) is 0 Å². The summed E-state index contributed by atoms with van der Waals surface area (Å²) in [6.07, 6.45) is 1.60. The van der Waals surface area contributed by atoms with Gasteiger partial charge in [0.2, 0.25) is 5.82 Å². The van der Waals surface area contributed by atoms with Gasteiger partial charge in [-0.25, -0.2) is 0 Å². The lowest BCUT2D eigenvalue weighted by Gasteiger charge is -2.04. The predicted molar refractivity (Wildman–Crippen MR) is 63.7 cm³/mol. The van der Waals surface area contributed by atoms with Gasteiger partial charge in [-0.15, -0.1) is 0 Å². The first-order valence-corrected chi connectivity index (χ1v) is 6.67. The van der Waals surface area contributed by atoms with E-state index < -0.39 is 27.2 Å². The summed E-state index contributed by atoms with van der Waals surface area (Å²) in [6.45, 7) is 0.952. The second-order valence-electron chi connectivity index (χ2n) is 3.50.